The van der Waals surface area contributed by atoms with Gasteiger partial charge in [0.05, 0.1) is 5.69 Å². The topological polar surface area (TPSA) is 95.7 Å². The first kappa shape index (κ1) is 21.1. The van der Waals surface area contributed by atoms with Crippen LogP contribution >= 0.6 is 12.2 Å². The Kier molecular flexibility index (Phi) is 7.06. The first-order chi connectivity index (χ1) is 11.9. The van der Waals surface area contributed by atoms with E-state index in [9.17, 15) is 13.5 Å². The van der Waals surface area contributed by atoms with E-state index in [2.05, 4.69) is 0 Å². The Morgan fingerprint density at radius 2 is 1.77 bits per heavy atom. The van der Waals surface area contributed by atoms with Gasteiger partial charge in [-0.2, -0.15) is 0 Å². The molecular weight excluding hydrogens is 383 g/mol. The maximum absolute atomic E-state index is 12.1. The van der Waals surface area contributed by atoms with Gasteiger partial charge in [0.2, 0.25) is 10.0 Å². The molecule has 0 unspecified atom stereocenters. The van der Waals surface area contributed by atoms with Crippen molar-refractivity contribution < 1.29 is 47.8 Å². The molecule has 1 saturated heterocycles. The molecule has 2 aromatic rings. The normalized spacial score (nSPS) is 14.0. The van der Waals surface area contributed by atoms with Crippen LogP contribution in [0.1, 0.15) is 18.4 Å². The van der Waals surface area contributed by atoms with Crippen LogP contribution in [0.2, 0.25) is 0 Å². The molecule has 0 atom stereocenters. The fourth-order valence-corrected chi connectivity index (χ4v) is 3.63. The number of anilines is 1. The van der Waals surface area contributed by atoms with Crippen LogP contribution in [-0.2, 0) is 10.0 Å². The molecule has 2 aromatic carbocycles. The zero-order valence-corrected chi connectivity index (χ0v) is 18.0. The molecule has 3 rings (SSSR count). The van der Waals surface area contributed by atoms with E-state index in [1.54, 1.807) is 30.3 Å². The molecule has 0 spiro atoms. The summed E-state index contributed by atoms with van der Waals surface area (Å²) in [5.74, 6) is 0.598. The van der Waals surface area contributed by atoms with Crippen LogP contribution in [0.15, 0.2) is 47.4 Å². The van der Waals surface area contributed by atoms with Crippen molar-refractivity contribution in [2.45, 2.75) is 17.7 Å². The van der Waals surface area contributed by atoms with E-state index in [0.29, 0.717) is 11.4 Å². The van der Waals surface area contributed by atoms with Crippen LogP contribution in [0, 0.1) is 0 Å². The van der Waals surface area contributed by atoms with Crippen LogP contribution < -0.4 is 49.4 Å². The van der Waals surface area contributed by atoms with E-state index in [1.165, 1.54) is 6.07 Å². The van der Waals surface area contributed by atoms with Crippen molar-refractivity contribution in [2.24, 2.45) is 5.14 Å². The van der Waals surface area contributed by atoms with Gasteiger partial charge in [-0.3, -0.25) is 0 Å². The Morgan fingerprint density at radius 1 is 1.15 bits per heavy atom. The SMILES string of the molecule is NS(=O)(=O)c1cc(C([O-])=S)cc(N2CCCC2)c1Oc1ccccc1.[Na+]. The minimum Gasteiger partial charge on any atom is -0.864 e. The quantitative estimate of drug-likeness (QED) is 0.499. The van der Waals surface area contributed by atoms with E-state index >= 15 is 0 Å². The number of para-hydroxylation sites is 1. The van der Waals surface area contributed by atoms with Crippen LogP contribution in [0.4, 0.5) is 5.69 Å². The number of benzene rings is 2. The Morgan fingerprint density at radius 3 is 2.31 bits per heavy atom. The molecule has 132 valence electrons. The molecular formula is C17H17N2NaO4S2. The van der Waals surface area contributed by atoms with Gasteiger partial charge in [0, 0.05) is 13.1 Å². The van der Waals surface area contributed by atoms with Gasteiger partial charge in [-0.15, -0.1) is 0 Å². The van der Waals surface area contributed by atoms with Gasteiger partial charge >= 0.3 is 29.6 Å². The molecule has 0 radical (unpaired) electrons. The second-order valence-electron chi connectivity index (χ2n) is 5.76. The van der Waals surface area contributed by atoms with E-state index in [4.69, 9.17) is 22.1 Å². The number of nitrogens with two attached hydrogens (primary N) is 1. The molecule has 0 saturated carbocycles. The van der Waals surface area contributed by atoms with E-state index in [-0.39, 0.29) is 45.8 Å². The third-order valence-electron chi connectivity index (χ3n) is 3.99. The molecule has 2 N–H and O–H groups in total. The van der Waals surface area contributed by atoms with Crippen molar-refractivity contribution in [3.63, 3.8) is 0 Å². The molecule has 6 nitrogen and oxygen atoms in total. The second-order valence-corrected chi connectivity index (χ2v) is 7.67. The molecule has 0 aromatic heterocycles. The minimum absolute atomic E-state index is 0. The van der Waals surface area contributed by atoms with Crippen LogP contribution in [-0.4, -0.2) is 26.6 Å². The van der Waals surface area contributed by atoms with Crippen LogP contribution in [0.25, 0.3) is 0 Å². The molecule has 0 amide bonds. The predicted octanol–water partition coefficient (Wildman–Crippen LogP) is -1.23. The van der Waals surface area contributed by atoms with Crippen molar-refractivity contribution >= 4 is 33.0 Å². The van der Waals surface area contributed by atoms with E-state index in [0.717, 1.165) is 25.9 Å². The Balaban J connectivity index is 0.00000243. The summed E-state index contributed by atoms with van der Waals surface area (Å²) in [5, 5.41) is 16.4. The number of thiocarbonyl (C=S) groups is 1. The summed E-state index contributed by atoms with van der Waals surface area (Å²) in [6, 6.07) is 11.6. The second kappa shape index (κ2) is 8.69. The van der Waals surface area contributed by atoms with E-state index < -0.39 is 15.1 Å². The maximum Gasteiger partial charge on any atom is 1.00 e. The Hall–Kier alpha value is -1.16. The monoisotopic (exact) mass is 400 g/mol. The van der Waals surface area contributed by atoms with Gasteiger partial charge in [-0.05, 0) is 47.7 Å². The molecule has 26 heavy (non-hydrogen) atoms. The van der Waals surface area contributed by atoms with Gasteiger partial charge < -0.3 is 14.7 Å². The third-order valence-corrected chi connectivity index (χ3v) is 5.14. The number of rotatable bonds is 5. The van der Waals surface area contributed by atoms with Crippen molar-refractivity contribution in [3.05, 3.63) is 48.0 Å². The maximum atomic E-state index is 12.1. The summed E-state index contributed by atoms with van der Waals surface area (Å²) in [4.78, 5) is 1.74. The first-order valence-electron chi connectivity index (χ1n) is 7.76. The Bertz CT molecular complexity index is 898. The van der Waals surface area contributed by atoms with Gasteiger partial charge in [-0.1, -0.05) is 30.4 Å². The van der Waals surface area contributed by atoms with Crippen molar-refractivity contribution in [1.82, 2.24) is 0 Å². The number of primary sulfonamides is 1. The number of sulfonamides is 1. The standard InChI is InChI=1S/C17H18N2O4S2.Na/c18-25(21,22)15-11-12(17(20)24)10-14(19-8-4-5-9-19)16(15)23-13-6-2-1-3-7-13;/h1-3,6-7,10-11H,4-5,8-9H2,(H,20,24)(H2,18,21,22);/q;+1/p-1. The summed E-state index contributed by atoms with van der Waals surface area (Å²) >= 11 is 4.70. The van der Waals surface area contributed by atoms with Crippen molar-refractivity contribution in [2.75, 3.05) is 18.0 Å². The minimum atomic E-state index is -4.11. The summed E-state index contributed by atoms with van der Waals surface area (Å²) in [5.41, 5.74) is 0.627. The van der Waals surface area contributed by atoms with E-state index in [1.807, 2.05) is 11.0 Å². The average Bonchev–Trinajstić information content (AvgIpc) is 3.09. The van der Waals surface area contributed by atoms with Crippen molar-refractivity contribution in [3.8, 4) is 11.5 Å². The molecule has 1 heterocycles. The Labute approximate surface area is 180 Å². The number of nitrogens with zero attached hydrogens (tertiary/aromatic N) is 1. The molecule has 1 aliphatic rings. The average molecular weight is 400 g/mol. The van der Waals surface area contributed by atoms with Gasteiger partial charge in [0.25, 0.3) is 0 Å². The fraction of sp³-hybridized carbons (Fsp3) is 0.235. The number of hydrogen-bond acceptors (Lipinski definition) is 6. The molecule has 1 fully saturated rings. The smallest absolute Gasteiger partial charge is 0.864 e. The zero-order chi connectivity index (χ0) is 18.0. The summed E-state index contributed by atoms with van der Waals surface area (Å²) in [6.07, 6.45) is 1.95. The summed E-state index contributed by atoms with van der Waals surface area (Å²) in [7, 11) is -4.11. The summed E-state index contributed by atoms with van der Waals surface area (Å²) in [6.45, 7) is 1.48. The fourth-order valence-electron chi connectivity index (χ4n) is 2.82. The molecule has 0 bridgehead atoms. The molecule has 9 heteroatoms. The van der Waals surface area contributed by atoms with Crippen LogP contribution in [0.5, 0.6) is 11.5 Å². The molecule has 1 aliphatic heterocycles. The largest absolute Gasteiger partial charge is 1.00 e. The van der Waals surface area contributed by atoms with Gasteiger partial charge in [0.1, 0.15) is 10.6 Å². The van der Waals surface area contributed by atoms with Crippen molar-refractivity contribution in [1.29, 1.82) is 0 Å². The summed E-state index contributed by atoms with van der Waals surface area (Å²) < 4.78 is 30.1. The molecule has 0 aliphatic carbocycles. The zero-order valence-electron chi connectivity index (χ0n) is 14.3. The predicted molar refractivity (Wildman–Crippen MR) is 97.5 cm³/mol. The van der Waals surface area contributed by atoms with Gasteiger partial charge in [-0.25, -0.2) is 13.6 Å². The van der Waals surface area contributed by atoms with Crippen LogP contribution in [0.3, 0.4) is 0 Å². The third kappa shape index (κ3) is 4.76. The number of hydrogen-bond donors (Lipinski definition) is 1. The van der Waals surface area contributed by atoms with Gasteiger partial charge in [0.15, 0.2) is 5.75 Å². The number of ether oxygens (including phenoxy) is 1. The first-order valence-corrected chi connectivity index (χ1v) is 9.72.